The van der Waals surface area contributed by atoms with Crippen molar-refractivity contribution in [2.24, 2.45) is 0 Å². The third-order valence-corrected chi connectivity index (χ3v) is 1.17. The van der Waals surface area contributed by atoms with Crippen LogP contribution in [0.2, 0.25) is 0 Å². The van der Waals surface area contributed by atoms with E-state index in [0.717, 1.165) is 0 Å². The summed E-state index contributed by atoms with van der Waals surface area (Å²) in [6.45, 7) is 1.88. The lowest BCUT2D eigenvalue weighted by atomic mass is 10.7. The predicted molar refractivity (Wildman–Crippen MR) is 36.8 cm³/mol. The average Bonchev–Trinajstić information content (AvgIpc) is 2.35. The molecule has 11 heavy (non-hydrogen) atoms. The molecule has 0 N–H and O–H groups in total. The number of carbonyl (C=O) groups excluding carboxylic acids is 1. The molecule has 5 heteroatoms. The van der Waals surface area contributed by atoms with Gasteiger partial charge in [0, 0.05) is 0 Å². The molecule has 0 aliphatic rings. The second kappa shape index (κ2) is 3.14. The van der Waals surface area contributed by atoms with E-state index in [1.807, 2.05) is 0 Å². The summed E-state index contributed by atoms with van der Waals surface area (Å²) in [5, 5.41) is 3.90. The molecule has 0 saturated carbocycles. The van der Waals surface area contributed by atoms with Crippen LogP contribution >= 0.6 is 0 Å². The number of hydrogen-bond donors (Lipinski definition) is 0. The topological polar surface area (TPSA) is 57.0 Å². The predicted octanol–water partition coefficient (Wildman–Crippen LogP) is -0.240. The van der Waals surface area contributed by atoms with Crippen LogP contribution in [0.4, 0.5) is 0 Å². The lowest BCUT2D eigenvalue weighted by Crippen LogP contribution is -2.11. The molecular weight excluding hydrogens is 146 g/mol. The molecule has 0 saturated heterocycles. The summed E-state index contributed by atoms with van der Waals surface area (Å²) in [5.41, 5.74) is 0. The van der Waals surface area contributed by atoms with Gasteiger partial charge in [0.2, 0.25) is 0 Å². The monoisotopic (exact) mass is 155 g/mol. The van der Waals surface area contributed by atoms with E-state index < -0.39 is 0 Å². The number of esters is 1. The van der Waals surface area contributed by atoms with Crippen LogP contribution in [0.15, 0.2) is 6.33 Å². The molecule has 1 heterocycles. The molecule has 0 aliphatic carbocycles. The van der Waals surface area contributed by atoms with Crippen LogP contribution in [0, 0.1) is 6.92 Å². The molecule has 0 bridgehead atoms. The summed E-state index contributed by atoms with van der Waals surface area (Å²) in [7, 11) is 1.34. The third kappa shape index (κ3) is 2.03. The van der Waals surface area contributed by atoms with Gasteiger partial charge in [-0.15, -0.1) is 0 Å². The first-order chi connectivity index (χ1) is 5.22. The molecule has 1 aromatic rings. The smallest absolute Gasteiger partial charge is 0.327 e. The van der Waals surface area contributed by atoms with E-state index in [9.17, 15) is 4.79 Å². The molecule has 0 spiro atoms. The maximum absolute atomic E-state index is 10.7. The molecule has 0 fully saturated rings. The van der Waals surface area contributed by atoms with Crippen LogP contribution in [0.3, 0.4) is 0 Å². The highest BCUT2D eigenvalue weighted by Crippen LogP contribution is 1.87. The lowest BCUT2D eigenvalue weighted by Gasteiger charge is -1.96. The minimum absolute atomic E-state index is 0.122. The van der Waals surface area contributed by atoms with Crippen LogP contribution in [0.25, 0.3) is 0 Å². The normalized spacial score (nSPS) is 9.64. The molecule has 60 valence electrons. The second-order valence-electron chi connectivity index (χ2n) is 2.07. The van der Waals surface area contributed by atoms with Gasteiger partial charge in [0.25, 0.3) is 0 Å². The zero-order chi connectivity index (χ0) is 8.27. The number of methoxy groups -OCH3 is 1. The highest BCUT2D eigenvalue weighted by molar-refractivity contribution is 5.68. The van der Waals surface area contributed by atoms with Crippen LogP contribution < -0.4 is 0 Å². The summed E-state index contributed by atoms with van der Waals surface area (Å²) in [5.74, 6) is 0.323. The van der Waals surface area contributed by atoms with Crippen LogP contribution in [-0.2, 0) is 16.1 Å². The first-order valence-corrected chi connectivity index (χ1v) is 3.15. The Morgan fingerprint density at radius 1 is 1.82 bits per heavy atom. The van der Waals surface area contributed by atoms with Crippen LogP contribution in [-0.4, -0.2) is 27.8 Å². The van der Waals surface area contributed by atoms with Gasteiger partial charge in [0.1, 0.15) is 18.7 Å². The van der Waals surface area contributed by atoms with Crippen molar-refractivity contribution >= 4 is 5.97 Å². The van der Waals surface area contributed by atoms with Crippen molar-refractivity contribution in [3.8, 4) is 0 Å². The van der Waals surface area contributed by atoms with Crippen LogP contribution in [0.5, 0.6) is 0 Å². The fourth-order valence-electron chi connectivity index (χ4n) is 0.661. The highest BCUT2D eigenvalue weighted by atomic mass is 16.5. The fourth-order valence-corrected chi connectivity index (χ4v) is 0.661. The van der Waals surface area contributed by atoms with Gasteiger partial charge >= 0.3 is 5.97 Å². The standard InChI is InChI=1S/C6H9N3O2/c1-5-7-4-9(8-5)3-6(10)11-2/h4H,3H2,1-2H3. The Labute approximate surface area is 64.0 Å². The molecule has 0 unspecified atom stereocenters. The Morgan fingerprint density at radius 2 is 2.55 bits per heavy atom. The summed E-state index contributed by atoms with van der Waals surface area (Å²) in [6, 6.07) is 0. The van der Waals surface area contributed by atoms with Gasteiger partial charge in [-0.1, -0.05) is 0 Å². The molecule has 0 aliphatic heterocycles. The van der Waals surface area contributed by atoms with Gasteiger partial charge in [-0.25, -0.2) is 9.67 Å². The average molecular weight is 155 g/mol. The SMILES string of the molecule is COC(=O)Cn1cnc(C)n1. The number of hydrogen-bond acceptors (Lipinski definition) is 4. The molecule has 0 radical (unpaired) electrons. The van der Waals surface area contributed by atoms with Gasteiger partial charge in [-0.3, -0.25) is 4.79 Å². The Bertz CT molecular complexity index is 256. The van der Waals surface area contributed by atoms with Crippen molar-refractivity contribution in [1.82, 2.24) is 14.8 Å². The largest absolute Gasteiger partial charge is 0.468 e. The van der Waals surface area contributed by atoms with Gasteiger partial charge < -0.3 is 4.74 Å². The fraction of sp³-hybridized carbons (Fsp3) is 0.500. The van der Waals surface area contributed by atoms with E-state index >= 15 is 0 Å². The van der Waals surface area contributed by atoms with Crippen molar-refractivity contribution in [3.63, 3.8) is 0 Å². The maximum atomic E-state index is 10.7. The highest BCUT2D eigenvalue weighted by Gasteiger charge is 2.02. The summed E-state index contributed by atoms with van der Waals surface area (Å²) >= 11 is 0. The van der Waals surface area contributed by atoms with E-state index in [-0.39, 0.29) is 12.5 Å². The molecular formula is C6H9N3O2. The molecule has 1 rings (SSSR count). The number of ether oxygens (including phenoxy) is 1. The molecule has 1 aromatic heterocycles. The van der Waals surface area contributed by atoms with Gasteiger partial charge in [-0.05, 0) is 6.92 Å². The van der Waals surface area contributed by atoms with E-state index in [1.165, 1.54) is 18.1 Å². The summed E-state index contributed by atoms with van der Waals surface area (Å²) in [6.07, 6.45) is 1.49. The van der Waals surface area contributed by atoms with E-state index in [0.29, 0.717) is 5.82 Å². The van der Waals surface area contributed by atoms with Crippen molar-refractivity contribution in [2.45, 2.75) is 13.5 Å². The minimum atomic E-state index is -0.324. The van der Waals surface area contributed by atoms with E-state index in [2.05, 4.69) is 14.8 Å². The van der Waals surface area contributed by atoms with Crippen LogP contribution in [0.1, 0.15) is 5.82 Å². The van der Waals surface area contributed by atoms with E-state index in [1.54, 1.807) is 6.92 Å². The first kappa shape index (κ1) is 7.71. The van der Waals surface area contributed by atoms with E-state index in [4.69, 9.17) is 0 Å². The number of aromatic nitrogens is 3. The van der Waals surface area contributed by atoms with Crippen molar-refractivity contribution < 1.29 is 9.53 Å². The molecule has 0 amide bonds. The number of rotatable bonds is 2. The Morgan fingerprint density at radius 3 is 3.00 bits per heavy atom. The zero-order valence-electron chi connectivity index (χ0n) is 6.44. The Hall–Kier alpha value is -1.39. The second-order valence-corrected chi connectivity index (χ2v) is 2.07. The number of aryl methyl sites for hydroxylation is 1. The maximum Gasteiger partial charge on any atom is 0.327 e. The lowest BCUT2D eigenvalue weighted by molar-refractivity contribution is -0.141. The van der Waals surface area contributed by atoms with Crippen molar-refractivity contribution in [1.29, 1.82) is 0 Å². The Kier molecular flexibility index (Phi) is 2.20. The van der Waals surface area contributed by atoms with Crippen molar-refractivity contribution in [3.05, 3.63) is 12.2 Å². The number of carbonyl (C=O) groups is 1. The Balaban J connectivity index is 2.57. The van der Waals surface area contributed by atoms with Gasteiger partial charge in [-0.2, -0.15) is 5.10 Å². The minimum Gasteiger partial charge on any atom is -0.468 e. The zero-order valence-corrected chi connectivity index (χ0v) is 6.44. The molecule has 5 nitrogen and oxygen atoms in total. The molecule has 0 atom stereocenters. The summed E-state index contributed by atoms with van der Waals surface area (Å²) < 4.78 is 5.87. The van der Waals surface area contributed by atoms with Gasteiger partial charge in [0.15, 0.2) is 0 Å². The quantitative estimate of drug-likeness (QED) is 0.553. The van der Waals surface area contributed by atoms with Gasteiger partial charge in [0.05, 0.1) is 7.11 Å². The molecule has 0 aromatic carbocycles. The first-order valence-electron chi connectivity index (χ1n) is 3.15. The number of nitrogens with zero attached hydrogens (tertiary/aromatic N) is 3. The van der Waals surface area contributed by atoms with Crippen molar-refractivity contribution in [2.75, 3.05) is 7.11 Å². The summed E-state index contributed by atoms with van der Waals surface area (Å²) in [4.78, 5) is 14.5. The third-order valence-electron chi connectivity index (χ3n) is 1.17.